The second-order valence-electron chi connectivity index (χ2n) is 5.22. The van der Waals surface area contributed by atoms with Gasteiger partial charge in [0, 0.05) is 6.54 Å². The van der Waals surface area contributed by atoms with Gasteiger partial charge in [-0.1, -0.05) is 0 Å². The molecule has 1 heterocycles. The minimum atomic E-state index is -0.328. The van der Waals surface area contributed by atoms with Gasteiger partial charge in [-0.25, -0.2) is 4.79 Å². The average molecular weight is 292 g/mol. The molecule has 0 bridgehead atoms. The van der Waals surface area contributed by atoms with E-state index in [0.717, 1.165) is 13.0 Å². The van der Waals surface area contributed by atoms with Crippen molar-refractivity contribution < 1.29 is 14.3 Å². The third-order valence-corrected chi connectivity index (χ3v) is 3.60. The predicted octanol–water partition coefficient (Wildman–Crippen LogP) is 2.31. The standard InChI is InChI=1S/C16H24N2O3/c1-2-20-15-7-6-13(12-14(15)17)16(19)21-11-5-10-18-8-3-4-9-18/h6-7,12H,2-5,8-11,17H2,1H3. The molecule has 21 heavy (non-hydrogen) atoms. The number of benzene rings is 1. The third kappa shape index (κ3) is 4.63. The molecule has 0 aliphatic carbocycles. The van der Waals surface area contributed by atoms with Crippen molar-refractivity contribution in [1.82, 2.24) is 4.90 Å². The summed E-state index contributed by atoms with van der Waals surface area (Å²) in [7, 11) is 0. The van der Waals surface area contributed by atoms with E-state index < -0.39 is 0 Å². The molecule has 1 aliphatic heterocycles. The molecule has 116 valence electrons. The first-order chi connectivity index (χ1) is 10.2. The fourth-order valence-corrected chi connectivity index (χ4v) is 2.50. The van der Waals surface area contributed by atoms with Gasteiger partial charge >= 0.3 is 5.97 Å². The SMILES string of the molecule is CCOc1ccc(C(=O)OCCCN2CCCC2)cc1N. The summed E-state index contributed by atoms with van der Waals surface area (Å²) in [5, 5.41) is 0. The largest absolute Gasteiger partial charge is 0.492 e. The lowest BCUT2D eigenvalue weighted by Crippen LogP contribution is -2.22. The predicted molar refractivity (Wildman–Crippen MR) is 82.6 cm³/mol. The van der Waals surface area contributed by atoms with E-state index in [1.54, 1.807) is 18.2 Å². The number of hydrogen-bond donors (Lipinski definition) is 1. The van der Waals surface area contributed by atoms with Crippen molar-refractivity contribution in [3.05, 3.63) is 23.8 Å². The Morgan fingerprint density at radius 3 is 2.76 bits per heavy atom. The molecule has 0 aromatic heterocycles. The number of carbonyl (C=O) groups excluding carboxylic acids is 1. The number of nitrogens with zero attached hydrogens (tertiary/aromatic N) is 1. The topological polar surface area (TPSA) is 64.8 Å². The summed E-state index contributed by atoms with van der Waals surface area (Å²) in [6.07, 6.45) is 3.44. The van der Waals surface area contributed by atoms with Gasteiger partial charge in [0.1, 0.15) is 5.75 Å². The van der Waals surface area contributed by atoms with E-state index in [-0.39, 0.29) is 5.97 Å². The number of nitrogens with two attached hydrogens (primary N) is 1. The van der Waals surface area contributed by atoms with Crippen LogP contribution in [0.4, 0.5) is 5.69 Å². The lowest BCUT2D eigenvalue weighted by molar-refractivity contribution is 0.0491. The van der Waals surface area contributed by atoms with Crippen molar-refractivity contribution in [3.8, 4) is 5.75 Å². The Kier molecular flexibility index (Phi) is 5.87. The zero-order chi connectivity index (χ0) is 15.1. The van der Waals surface area contributed by atoms with Gasteiger partial charge in [0.05, 0.1) is 24.5 Å². The molecule has 0 radical (unpaired) electrons. The molecule has 0 atom stereocenters. The van der Waals surface area contributed by atoms with E-state index in [1.165, 1.54) is 25.9 Å². The van der Waals surface area contributed by atoms with Crippen molar-refractivity contribution in [2.75, 3.05) is 38.6 Å². The van der Waals surface area contributed by atoms with Gasteiger partial charge < -0.3 is 20.1 Å². The number of hydrogen-bond acceptors (Lipinski definition) is 5. The van der Waals surface area contributed by atoms with Crippen molar-refractivity contribution >= 4 is 11.7 Å². The molecule has 0 amide bonds. The van der Waals surface area contributed by atoms with E-state index in [1.807, 2.05) is 6.92 Å². The minimum Gasteiger partial charge on any atom is -0.492 e. The van der Waals surface area contributed by atoms with E-state index in [4.69, 9.17) is 15.2 Å². The molecule has 1 aliphatic rings. The number of rotatable bonds is 7. The van der Waals surface area contributed by atoms with Crippen LogP contribution in [0.3, 0.4) is 0 Å². The summed E-state index contributed by atoms with van der Waals surface area (Å²) in [5.74, 6) is 0.272. The van der Waals surface area contributed by atoms with Crippen LogP contribution in [0.5, 0.6) is 5.75 Å². The van der Waals surface area contributed by atoms with Gasteiger partial charge in [-0.3, -0.25) is 0 Å². The molecule has 5 heteroatoms. The van der Waals surface area contributed by atoms with Crippen LogP contribution in [0.1, 0.15) is 36.5 Å². The highest BCUT2D eigenvalue weighted by molar-refractivity contribution is 5.91. The molecule has 0 unspecified atom stereocenters. The van der Waals surface area contributed by atoms with Gasteiger partial charge in [-0.2, -0.15) is 0 Å². The van der Waals surface area contributed by atoms with Gasteiger partial charge in [-0.15, -0.1) is 0 Å². The molecule has 5 nitrogen and oxygen atoms in total. The van der Waals surface area contributed by atoms with Gasteiger partial charge in [-0.05, 0) is 57.5 Å². The number of carbonyl (C=O) groups is 1. The highest BCUT2D eigenvalue weighted by Crippen LogP contribution is 2.22. The van der Waals surface area contributed by atoms with Crippen molar-refractivity contribution in [1.29, 1.82) is 0 Å². The smallest absolute Gasteiger partial charge is 0.338 e. The van der Waals surface area contributed by atoms with Crippen molar-refractivity contribution in [2.24, 2.45) is 0 Å². The first-order valence-electron chi connectivity index (χ1n) is 7.62. The summed E-state index contributed by atoms with van der Waals surface area (Å²) in [4.78, 5) is 14.3. The van der Waals surface area contributed by atoms with E-state index >= 15 is 0 Å². The van der Waals surface area contributed by atoms with Crippen LogP contribution in [-0.2, 0) is 4.74 Å². The highest BCUT2D eigenvalue weighted by Gasteiger charge is 2.12. The highest BCUT2D eigenvalue weighted by atomic mass is 16.5. The Hall–Kier alpha value is -1.75. The van der Waals surface area contributed by atoms with Crippen molar-refractivity contribution in [3.63, 3.8) is 0 Å². The van der Waals surface area contributed by atoms with E-state index in [9.17, 15) is 4.79 Å². The molecule has 1 aromatic rings. The minimum absolute atomic E-state index is 0.328. The summed E-state index contributed by atoms with van der Waals surface area (Å²) in [5.41, 5.74) is 6.77. The molecular formula is C16H24N2O3. The normalized spacial score (nSPS) is 15.1. The molecular weight excluding hydrogens is 268 g/mol. The monoisotopic (exact) mass is 292 g/mol. The third-order valence-electron chi connectivity index (χ3n) is 3.60. The van der Waals surface area contributed by atoms with Gasteiger partial charge in [0.15, 0.2) is 0 Å². The molecule has 1 fully saturated rings. The summed E-state index contributed by atoms with van der Waals surface area (Å²) in [6.45, 7) is 6.22. The quantitative estimate of drug-likeness (QED) is 0.474. The number of esters is 1. The fraction of sp³-hybridized carbons (Fsp3) is 0.562. The zero-order valence-corrected chi connectivity index (χ0v) is 12.6. The van der Waals surface area contributed by atoms with Crippen LogP contribution in [0, 0.1) is 0 Å². The molecule has 2 N–H and O–H groups in total. The maximum atomic E-state index is 11.9. The zero-order valence-electron chi connectivity index (χ0n) is 12.6. The molecule has 1 saturated heterocycles. The molecule has 0 spiro atoms. The van der Waals surface area contributed by atoms with Crippen LogP contribution in [0.15, 0.2) is 18.2 Å². The summed E-state index contributed by atoms with van der Waals surface area (Å²) >= 11 is 0. The first-order valence-corrected chi connectivity index (χ1v) is 7.62. The van der Waals surface area contributed by atoms with E-state index in [2.05, 4.69) is 4.90 Å². The van der Waals surface area contributed by atoms with Crippen LogP contribution >= 0.6 is 0 Å². The second-order valence-corrected chi connectivity index (χ2v) is 5.22. The van der Waals surface area contributed by atoms with Crippen LogP contribution in [0.25, 0.3) is 0 Å². The Balaban J connectivity index is 1.75. The lowest BCUT2D eigenvalue weighted by atomic mass is 10.2. The second kappa shape index (κ2) is 7.88. The maximum absolute atomic E-state index is 11.9. The Morgan fingerprint density at radius 2 is 2.10 bits per heavy atom. The summed E-state index contributed by atoms with van der Waals surface area (Å²) in [6, 6.07) is 5.00. The Labute approximate surface area is 126 Å². The number of ether oxygens (including phenoxy) is 2. The van der Waals surface area contributed by atoms with Gasteiger partial charge in [0.25, 0.3) is 0 Å². The Bertz CT molecular complexity index is 471. The summed E-state index contributed by atoms with van der Waals surface area (Å²) < 4.78 is 10.6. The lowest BCUT2D eigenvalue weighted by Gasteiger charge is -2.14. The molecule has 2 rings (SSSR count). The molecule has 0 saturated carbocycles. The maximum Gasteiger partial charge on any atom is 0.338 e. The van der Waals surface area contributed by atoms with E-state index in [0.29, 0.717) is 30.2 Å². The number of anilines is 1. The Morgan fingerprint density at radius 1 is 1.33 bits per heavy atom. The van der Waals surface area contributed by atoms with Crippen LogP contribution in [-0.4, -0.2) is 43.7 Å². The van der Waals surface area contributed by atoms with Crippen LogP contribution < -0.4 is 10.5 Å². The molecule has 1 aromatic carbocycles. The number of nitrogen functional groups attached to an aromatic ring is 1. The van der Waals surface area contributed by atoms with Gasteiger partial charge in [0.2, 0.25) is 0 Å². The van der Waals surface area contributed by atoms with Crippen molar-refractivity contribution in [2.45, 2.75) is 26.2 Å². The number of likely N-dealkylation sites (tertiary alicyclic amines) is 1. The fourth-order valence-electron chi connectivity index (χ4n) is 2.50. The first kappa shape index (κ1) is 15.6. The van der Waals surface area contributed by atoms with Crippen LogP contribution in [0.2, 0.25) is 0 Å². The average Bonchev–Trinajstić information content (AvgIpc) is 2.99.